The van der Waals surface area contributed by atoms with E-state index in [4.69, 9.17) is 10.5 Å². The first-order valence-corrected chi connectivity index (χ1v) is 6.06. The van der Waals surface area contributed by atoms with E-state index >= 15 is 0 Å². The standard InChI is InChI=1S/C12H21NO2/c1-2-15-11(14)7-12(8-13)6-9-3-4-10(12)5-9/h9-10H,2-8,13H2,1H3. The van der Waals surface area contributed by atoms with E-state index in [1.165, 1.54) is 19.3 Å². The van der Waals surface area contributed by atoms with Gasteiger partial charge in [0.2, 0.25) is 0 Å². The van der Waals surface area contributed by atoms with Crippen molar-refractivity contribution >= 4 is 5.97 Å². The zero-order valence-electron chi connectivity index (χ0n) is 9.50. The Balaban J connectivity index is 2.00. The highest BCUT2D eigenvalue weighted by Gasteiger charge is 2.51. The third kappa shape index (κ3) is 1.89. The zero-order valence-corrected chi connectivity index (χ0v) is 9.50. The number of esters is 1. The van der Waals surface area contributed by atoms with Crippen LogP contribution in [0.3, 0.4) is 0 Å². The fraction of sp³-hybridized carbons (Fsp3) is 0.917. The molecule has 3 unspecified atom stereocenters. The molecule has 0 aromatic rings. The van der Waals surface area contributed by atoms with Crippen molar-refractivity contribution in [2.45, 2.75) is 39.0 Å². The molecule has 2 bridgehead atoms. The molecule has 2 aliphatic carbocycles. The van der Waals surface area contributed by atoms with Crippen molar-refractivity contribution in [3.63, 3.8) is 0 Å². The van der Waals surface area contributed by atoms with Crippen molar-refractivity contribution in [3.05, 3.63) is 0 Å². The molecule has 0 amide bonds. The average molecular weight is 211 g/mol. The summed E-state index contributed by atoms with van der Waals surface area (Å²) in [6, 6.07) is 0. The molecule has 3 atom stereocenters. The number of hydrogen-bond donors (Lipinski definition) is 1. The Hall–Kier alpha value is -0.570. The van der Waals surface area contributed by atoms with Crippen molar-refractivity contribution in [2.75, 3.05) is 13.2 Å². The summed E-state index contributed by atoms with van der Waals surface area (Å²) in [5.41, 5.74) is 5.97. The molecule has 3 heteroatoms. The third-order valence-electron chi connectivity index (χ3n) is 4.31. The lowest BCUT2D eigenvalue weighted by atomic mass is 9.71. The molecular formula is C12H21NO2. The molecular weight excluding hydrogens is 190 g/mol. The fourth-order valence-electron chi connectivity index (χ4n) is 3.60. The van der Waals surface area contributed by atoms with Crippen molar-refractivity contribution < 1.29 is 9.53 Å². The summed E-state index contributed by atoms with van der Waals surface area (Å²) < 4.78 is 5.04. The molecule has 2 N–H and O–H groups in total. The SMILES string of the molecule is CCOC(=O)CC1(CN)CC2CCC1C2. The lowest BCUT2D eigenvalue weighted by Crippen LogP contribution is -2.38. The molecule has 0 radical (unpaired) electrons. The summed E-state index contributed by atoms with van der Waals surface area (Å²) in [5.74, 6) is 1.44. The predicted molar refractivity (Wildman–Crippen MR) is 58.2 cm³/mol. The van der Waals surface area contributed by atoms with Crippen molar-refractivity contribution in [3.8, 4) is 0 Å². The second-order valence-corrected chi connectivity index (χ2v) is 5.13. The first kappa shape index (κ1) is 10.9. The Labute approximate surface area is 91.4 Å². The number of nitrogens with two attached hydrogens (primary N) is 1. The Morgan fingerprint density at radius 1 is 1.53 bits per heavy atom. The number of hydrogen-bond acceptors (Lipinski definition) is 3. The van der Waals surface area contributed by atoms with Crippen molar-refractivity contribution in [1.29, 1.82) is 0 Å². The topological polar surface area (TPSA) is 52.3 Å². The van der Waals surface area contributed by atoms with E-state index in [0.29, 0.717) is 25.5 Å². The number of carbonyl (C=O) groups excluding carboxylic acids is 1. The average Bonchev–Trinajstić information content (AvgIpc) is 2.78. The van der Waals surface area contributed by atoms with Gasteiger partial charge in [0.05, 0.1) is 13.0 Å². The normalized spacial score (nSPS) is 38.3. The summed E-state index contributed by atoms with van der Waals surface area (Å²) in [6.07, 6.45) is 5.58. The van der Waals surface area contributed by atoms with Gasteiger partial charge >= 0.3 is 5.97 Å². The Morgan fingerprint density at radius 2 is 2.33 bits per heavy atom. The van der Waals surface area contributed by atoms with Crippen molar-refractivity contribution in [1.82, 2.24) is 0 Å². The summed E-state index contributed by atoms with van der Waals surface area (Å²) in [5, 5.41) is 0. The smallest absolute Gasteiger partial charge is 0.306 e. The number of fused-ring (bicyclic) bond motifs is 2. The molecule has 86 valence electrons. The van der Waals surface area contributed by atoms with E-state index in [-0.39, 0.29) is 11.4 Å². The Kier molecular flexibility index (Phi) is 3.01. The highest BCUT2D eigenvalue weighted by atomic mass is 16.5. The van der Waals surface area contributed by atoms with Crippen LogP contribution < -0.4 is 5.73 Å². The van der Waals surface area contributed by atoms with Crippen LogP contribution in [0, 0.1) is 17.3 Å². The molecule has 0 heterocycles. The first-order chi connectivity index (χ1) is 7.20. The minimum absolute atomic E-state index is 0.0597. The lowest BCUT2D eigenvalue weighted by molar-refractivity contribution is -0.146. The molecule has 0 spiro atoms. The van der Waals surface area contributed by atoms with Crippen LogP contribution in [-0.4, -0.2) is 19.1 Å². The van der Waals surface area contributed by atoms with Gasteiger partial charge in [0, 0.05) is 0 Å². The van der Waals surface area contributed by atoms with Gasteiger partial charge in [0.25, 0.3) is 0 Å². The van der Waals surface area contributed by atoms with Gasteiger partial charge < -0.3 is 10.5 Å². The minimum atomic E-state index is -0.0597. The monoisotopic (exact) mass is 211 g/mol. The first-order valence-electron chi connectivity index (χ1n) is 6.06. The summed E-state index contributed by atoms with van der Waals surface area (Å²) in [6.45, 7) is 2.98. The van der Waals surface area contributed by atoms with Gasteiger partial charge in [0.1, 0.15) is 0 Å². The summed E-state index contributed by atoms with van der Waals surface area (Å²) >= 11 is 0. The van der Waals surface area contributed by atoms with Crippen LogP contribution in [0.25, 0.3) is 0 Å². The van der Waals surface area contributed by atoms with Gasteiger partial charge in [-0.1, -0.05) is 6.42 Å². The molecule has 0 aromatic carbocycles. The maximum Gasteiger partial charge on any atom is 0.306 e. The predicted octanol–water partition coefficient (Wildman–Crippen LogP) is 1.70. The maximum atomic E-state index is 11.6. The van der Waals surface area contributed by atoms with Crippen LogP contribution in [0.15, 0.2) is 0 Å². The lowest BCUT2D eigenvalue weighted by Gasteiger charge is -2.35. The van der Waals surface area contributed by atoms with Gasteiger partial charge in [-0.3, -0.25) is 4.79 Å². The van der Waals surface area contributed by atoms with Gasteiger partial charge in [0.15, 0.2) is 0 Å². The fourth-order valence-corrected chi connectivity index (χ4v) is 3.60. The maximum absolute atomic E-state index is 11.6. The van der Waals surface area contributed by atoms with E-state index < -0.39 is 0 Å². The Bertz CT molecular complexity index is 254. The summed E-state index contributed by atoms with van der Waals surface area (Å²) in [7, 11) is 0. The van der Waals surface area contributed by atoms with Crippen LogP contribution in [0.2, 0.25) is 0 Å². The molecule has 0 aromatic heterocycles. The van der Waals surface area contributed by atoms with Gasteiger partial charge in [-0.15, -0.1) is 0 Å². The second kappa shape index (κ2) is 4.12. The molecule has 2 aliphatic rings. The van der Waals surface area contributed by atoms with Crippen LogP contribution in [0.4, 0.5) is 0 Å². The summed E-state index contributed by atoms with van der Waals surface area (Å²) in [4.78, 5) is 11.6. The van der Waals surface area contributed by atoms with Gasteiger partial charge in [-0.25, -0.2) is 0 Å². The quantitative estimate of drug-likeness (QED) is 0.720. The van der Waals surface area contributed by atoms with Crippen LogP contribution in [0.1, 0.15) is 39.0 Å². The highest BCUT2D eigenvalue weighted by Crippen LogP contribution is 2.57. The molecule has 0 aliphatic heterocycles. The molecule has 2 rings (SSSR count). The zero-order chi connectivity index (χ0) is 10.9. The van der Waals surface area contributed by atoms with E-state index in [1.807, 2.05) is 6.92 Å². The van der Waals surface area contributed by atoms with Crippen LogP contribution in [-0.2, 0) is 9.53 Å². The molecule has 3 nitrogen and oxygen atoms in total. The number of ether oxygens (including phenoxy) is 1. The molecule has 2 saturated carbocycles. The second-order valence-electron chi connectivity index (χ2n) is 5.13. The van der Waals surface area contributed by atoms with E-state index in [2.05, 4.69) is 0 Å². The van der Waals surface area contributed by atoms with E-state index in [0.717, 1.165) is 12.3 Å². The van der Waals surface area contributed by atoms with Gasteiger partial charge in [-0.05, 0) is 50.0 Å². The molecule has 2 fully saturated rings. The highest BCUT2D eigenvalue weighted by molar-refractivity contribution is 5.70. The number of rotatable bonds is 4. The van der Waals surface area contributed by atoms with Crippen molar-refractivity contribution in [2.24, 2.45) is 23.0 Å². The third-order valence-corrected chi connectivity index (χ3v) is 4.31. The van der Waals surface area contributed by atoms with E-state index in [1.54, 1.807) is 0 Å². The van der Waals surface area contributed by atoms with Crippen LogP contribution >= 0.6 is 0 Å². The van der Waals surface area contributed by atoms with Crippen LogP contribution in [0.5, 0.6) is 0 Å². The molecule has 15 heavy (non-hydrogen) atoms. The van der Waals surface area contributed by atoms with E-state index in [9.17, 15) is 4.79 Å². The van der Waals surface area contributed by atoms with Gasteiger partial charge in [-0.2, -0.15) is 0 Å². The largest absolute Gasteiger partial charge is 0.466 e. The minimum Gasteiger partial charge on any atom is -0.466 e. The molecule has 0 saturated heterocycles. The number of carbonyl (C=O) groups is 1. The Morgan fingerprint density at radius 3 is 2.80 bits per heavy atom.